The molecule has 3 rings (SSSR count). The maximum absolute atomic E-state index is 12.0. The number of aryl methyl sites for hydroxylation is 4. The highest BCUT2D eigenvalue weighted by molar-refractivity contribution is 7.99. The van der Waals surface area contributed by atoms with Gasteiger partial charge in [0.2, 0.25) is 5.91 Å². The Morgan fingerprint density at radius 3 is 2.63 bits per heavy atom. The van der Waals surface area contributed by atoms with E-state index in [1.54, 1.807) is 13.8 Å². The fraction of sp³-hybridized carbons (Fsp3) is 0.316. The lowest BCUT2D eigenvalue weighted by molar-refractivity contribution is -0.119. The van der Waals surface area contributed by atoms with Crippen molar-refractivity contribution >= 4 is 40.7 Å². The Bertz CT molecular complexity index is 1040. The molecule has 0 saturated carbocycles. The summed E-state index contributed by atoms with van der Waals surface area (Å²) in [6, 6.07) is 5.98. The van der Waals surface area contributed by atoms with E-state index in [1.807, 2.05) is 26.0 Å². The van der Waals surface area contributed by atoms with Crippen molar-refractivity contribution in [2.75, 3.05) is 11.1 Å². The van der Waals surface area contributed by atoms with Crippen molar-refractivity contribution in [1.82, 2.24) is 26.1 Å². The van der Waals surface area contributed by atoms with E-state index in [9.17, 15) is 4.79 Å². The molecule has 0 aliphatic rings. The third-order valence-corrected chi connectivity index (χ3v) is 5.26. The molecule has 2 aromatic heterocycles. The monoisotopic (exact) mass is 446 g/mol. The molecule has 2 heterocycles. The Balaban J connectivity index is 1.40. The van der Waals surface area contributed by atoms with Crippen LogP contribution < -0.4 is 16.2 Å². The van der Waals surface area contributed by atoms with E-state index >= 15 is 0 Å². The fourth-order valence-electron chi connectivity index (χ4n) is 2.71. The first-order valence-electron chi connectivity index (χ1n) is 9.10. The molecule has 0 aliphatic carbocycles. The average Bonchev–Trinajstić information content (AvgIpc) is 3.28. The van der Waals surface area contributed by atoms with Gasteiger partial charge in [0, 0.05) is 5.69 Å². The van der Waals surface area contributed by atoms with Gasteiger partial charge in [-0.2, -0.15) is 4.98 Å². The van der Waals surface area contributed by atoms with Crippen molar-refractivity contribution in [3.8, 4) is 11.5 Å². The number of aromatic nitrogens is 3. The SMILES string of the molecule is Cc1ccc(NC(=S)NNC(=O)CSCc2noc(-c3c(C)noc3C)n2)c(C)c1. The number of nitrogens with zero attached hydrogens (tertiary/aromatic N) is 3. The summed E-state index contributed by atoms with van der Waals surface area (Å²) in [5.74, 6) is 1.86. The second kappa shape index (κ2) is 9.72. The molecule has 1 aromatic carbocycles. The second-order valence-electron chi connectivity index (χ2n) is 6.65. The Hall–Kier alpha value is -2.92. The van der Waals surface area contributed by atoms with Gasteiger partial charge in [-0.3, -0.25) is 15.6 Å². The number of benzene rings is 1. The zero-order valence-electron chi connectivity index (χ0n) is 17.0. The van der Waals surface area contributed by atoms with Crippen LogP contribution >= 0.6 is 24.0 Å². The Morgan fingerprint density at radius 2 is 1.93 bits per heavy atom. The highest BCUT2D eigenvalue weighted by Gasteiger charge is 2.18. The van der Waals surface area contributed by atoms with Crippen LogP contribution in [0.4, 0.5) is 5.69 Å². The fourth-order valence-corrected chi connectivity index (χ4v) is 3.53. The molecule has 158 valence electrons. The zero-order valence-corrected chi connectivity index (χ0v) is 18.7. The van der Waals surface area contributed by atoms with Crippen molar-refractivity contribution in [2.24, 2.45) is 0 Å². The van der Waals surface area contributed by atoms with Crippen molar-refractivity contribution in [3.05, 3.63) is 46.6 Å². The molecular weight excluding hydrogens is 424 g/mol. The van der Waals surface area contributed by atoms with Crippen LogP contribution in [0.3, 0.4) is 0 Å². The maximum atomic E-state index is 12.0. The average molecular weight is 447 g/mol. The van der Waals surface area contributed by atoms with E-state index in [-0.39, 0.29) is 11.7 Å². The zero-order chi connectivity index (χ0) is 21.7. The Kier molecular flexibility index (Phi) is 7.06. The molecule has 0 atom stereocenters. The van der Waals surface area contributed by atoms with E-state index < -0.39 is 0 Å². The summed E-state index contributed by atoms with van der Waals surface area (Å²) < 4.78 is 10.4. The summed E-state index contributed by atoms with van der Waals surface area (Å²) in [4.78, 5) is 16.3. The van der Waals surface area contributed by atoms with Gasteiger partial charge in [0.25, 0.3) is 5.89 Å². The second-order valence-corrected chi connectivity index (χ2v) is 8.05. The number of thioether (sulfide) groups is 1. The minimum atomic E-state index is -0.223. The van der Waals surface area contributed by atoms with Crippen molar-refractivity contribution < 1.29 is 13.8 Å². The molecule has 1 amide bonds. The number of carbonyl (C=O) groups is 1. The van der Waals surface area contributed by atoms with Gasteiger partial charge in [-0.15, -0.1) is 11.8 Å². The lowest BCUT2D eigenvalue weighted by atomic mass is 10.1. The van der Waals surface area contributed by atoms with Gasteiger partial charge >= 0.3 is 0 Å². The van der Waals surface area contributed by atoms with Crippen molar-refractivity contribution in [3.63, 3.8) is 0 Å². The number of hydrogen-bond acceptors (Lipinski definition) is 8. The molecule has 0 radical (unpaired) electrons. The Labute approximate surface area is 183 Å². The number of rotatable bonds is 6. The first-order valence-corrected chi connectivity index (χ1v) is 10.7. The molecule has 0 spiro atoms. The third kappa shape index (κ3) is 5.57. The van der Waals surface area contributed by atoms with Crippen LogP contribution in [0.2, 0.25) is 0 Å². The minimum absolute atomic E-state index is 0.203. The van der Waals surface area contributed by atoms with Crippen molar-refractivity contribution in [2.45, 2.75) is 33.4 Å². The predicted molar refractivity (Wildman–Crippen MR) is 119 cm³/mol. The largest absolute Gasteiger partial charge is 0.361 e. The molecule has 0 unspecified atom stereocenters. The maximum Gasteiger partial charge on any atom is 0.263 e. The molecule has 0 aliphatic heterocycles. The number of hydrogen-bond donors (Lipinski definition) is 3. The predicted octanol–water partition coefficient (Wildman–Crippen LogP) is 3.21. The summed E-state index contributed by atoms with van der Waals surface area (Å²) in [5, 5.41) is 11.2. The number of amides is 1. The standard InChI is InChI=1S/C19H22N6O3S2/c1-10-5-6-14(11(2)7-10)20-19(29)23-22-16(26)9-30-8-15-21-18(28-25-15)17-12(3)24-27-13(17)4/h5-7H,8-9H2,1-4H3,(H,22,26)(H2,20,23,29). The quantitative estimate of drug-likeness (QED) is 0.385. The highest BCUT2D eigenvalue weighted by Crippen LogP contribution is 2.25. The van der Waals surface area contributed by atoms with E-state index in [0.29, 0.717) is 39.6 Å². The van der Waals surface area contributed by atoms with Crippen LogP contribution in [0.15, 0.2) is 27.2 Å². The number of anilines is 1. The van der Waals surface area contributed by atoms with Crippen molar-refractivity contribution in [1.29, 1.82) is 0 Å². The van der Waals surface area contributed by atoms with Crippen LogP contribution in [0.1, 0.15) is 28.4 Å². The van der Waals surface area contributed by atoms with E-state index in [1.165, 1.54) is 17.3 Å². The van der Waals surface area contributed by atoms with Crippen LogP contribution in [-0.4, -0.2) is 32.1 Å². The minimum Gasteiger partial charge on any atom is -0.361 e. The summed E-state index contributed by atoms with van der Waals surface area (Å²) in [5.41, 5.74) is 9.76. The molecule has 11 heteroatoms. The van der Waals surface area contributed by atoms with E-state index in [4.69, 9.17) is 21.3 Å². The molecule has 3 aromatic rings. The molecule has 30 heavy (non-hydrogen) atoms. The smallest absolute Gasteiger partial charge is 0.263 e. The molecule has 0 fully saturated rings. The normalized spacial score (nSPS) is 10.7. The third-order valence-electron chi connectivity index (χ3n) is 4.13. The molecular formula is C19H22N6O3S2. The number of hydrazine groups is 1. The number of nitrogens with one attached hydrogen (secondary N) is 3. The first kappa shape index (κ1) is 21.8. The lowest BCUT2D eigenvalue weighted by Crippen LogP contribution is -2.44. The topological polar surface area (TPSA) is 118 Å². The van der Waals surface area contributed by atoms with Gasteiger partial charge in [-0.05, 0) is 51.5 Å². The summed E-state index contributed by atoms with van der Waals surface area (Å²) in [6.45, 7) is 7.60. The number of carbonyl (C=O) groups excluding carboxylic acids is 1. The molecule has 9 nitrogen and oxygen atoms in total. The number of thiocarbonyl (C=S) groups is 1. The summed E-state index contributed by atoms with van der Waals surface area (Å²) in [7, 11) is 0. The van der Waals surface area contributed by atoms with Gasteiger partial charge in [-0.25, -0.2) is 0 Å². The summed E-state index contributed by atoms with van der Waals surface area (Å²) in [6.07, 6.45) is 0. The van der Waals surface area contributed by atoms with Gasteiger partial charge in [0.15, 0.2) is 10.9 Å². The Morgan fingerprint density at radius 1 is 1.13 bits per heavy atom. The van der Waals surface area contributed by atoms with Gasteiger partial charge in [0.05, 0.1) is 17.2 Å². The highest BCUT2D eigenvalue weighted by atomic mass is 32.2. The molecule has 3 N–H and O–H groups in total. The van der Waals surface area contributed by atoms with E-state index in [2.05, 4.69) is 37.5 Å². The van der Waals surface area contributed by atoms with Gasteiger partial charge in [0.1, 0.15) is 11.3 Å². The van der Waals surface area contributed by atoms with Crippen LogP contribution in [0.5, 0.6) is 0 Å². The van der Waals surface area contributed by atoms with Gasteiger partial charge in [-0.1, -0.05) is 28.0 Å². The van der Waals surface area contributed by atoms with Crippen LogP contribution in [-0.2, 0) is 10.5 Å². The first-order chi connectivity index (χ1) is 14.3. The van der Waals surface area contributed by atoms with E-state index in [0.717, 1.165) is 11.3 Å². The summed E-state index contributed by atoms with van der Waals surface area (Å²) >= 11 is 6.56. The van der Waals surface area contributed by atoms with Crippen LogP contribution in [0.25, 0.3) is 11.5 Å². The molecule has 0 bridgehead atoms. The lowest BCUT2D eigenvalue weighted by Gasteiger charge is -2.13. The van der Waals surface area contributed by atoms with Gasteiger partial charge < -0.3 is 14.4 Å². The van der Waals surface area contributed by atoms with Crippen LogP contribution in [0, 0.1) is 27.7 Å². The molecule has 0 saturated heterocycles.